The van der Waals surface area contributed by atoms with Crippen molar-refractivity contribution in [3.05, 3.63) is 64.5 Å². The van der Waals surface area contributed by atoms with Gasteiger partial charge in [-0.25, -0.2) is 9.59 Å². The van der Waals surface area contributed by atoms with Gasteiger partial charge in [0.1, 0.15) is 11.2 Å². The van der Waals surface area contributed by atoms with E-state index in [1.165, 1.54) is 66.5 Å². The highest BCUT2D eigenvalue weighted by molar-refractivity contribution is 5.70. The Morgan fingerprint density at radius 1 is 0.816 bits per heavy atom. The normalized spacial score (nSPS) is 22.4. The second-order valence-corrected chi connectivity index (χ2v) is 17.1. The molecule has 2 aromatic rings. The number of nitrogens with zero attached hydrogens (tertiary/aromatic N) is 4. The van der Waals surface area contributed by atoms with Crippen LogP contribution in [0.2, 0.25) is 0 Å². The lowest BCUT2D eigenvalue weighted by atomic mass is 9.80. The van der Waals surface area contributed by atoms with Crippen LogP contribution in [-0.2, 0) is 28.9 Å². The van der Waals surface area contributed by atoms with Gasteiger partial charge in [0.2, 0.25) is 0 Å². The maximum atomic E-state index is 14.0. The quantitative estimate of drug-likeness (QED) is 0.305. The van der Waals surface area contributed by atoms with Crippen LogP contribution in [0.15, 0.2) is 36.5 Å². The van der Waals surface area contributed by atoms with Crippen molar-refractivity contribution in [1.82, 2.24) is 19.7 Å². The topological polar surface area (TPSA) is 75.2 Å². The molecule has 0 N–H and O–H groups in total. The largest absolute Gasteiger partial charge is 0.444 e. The highest BCUT2D eigenvalue weighted by atomic mass is 16.6. The van der Waals surface area contributed by atoms with Gasteiger partial charge in [0.25, 0.3) is 0 Å². The van der Waals surface area contributed by atoms with Crippen LogP contribution >= 0.6 is 0 Å². The zero-order chi connectivity index (χ0) is 34.8. The standard InChI is InChI=1S/C41H60N4O4/c1-40(2,3)48-38(46)43-23-20-30(21-24-43)34-18-10-16-32-27-45(39(47)49-41(4,5)6)33(25-35(32)34)28-44(26-29-13-8-7-9-14-29)36-19-11-15-31-17-12-22-42-37(31)36/h10,12,16-18,22,29-30,33,36H,7-9,11,13-15,19-21,23-28H2,1-6H3/t33?,36-/m0/s1. The number of likely N-dealkylation sites (tertiary alicyclic amines) is 1. The van der Waals surface area contributed by atoms with Crippen molar-refractivity contribution >= 4 is 12.2 Å². The number of pyridine rings is 1. The SMILES string of the molecule is CC(C)(C)OC(=O)N1CCC(c2cccc3c2CC(CN(CC2CCCCC2)[C@H]2CCCc4cccnc42)N(C(=O)OC(C)(C)C)C3)CC1. The van der Waals surface area contributed by atoms with Crippen LogP contribution in [0.25, 0.3) is 0 Å². The molecule has 2 fully saturated rings. The number of amides is 2. The van der Waals surface area contributed by atoms with Gasteiger partial charge in [0.15, 0.2) is 0 Å². The summed E-state index contributed by atoms with van der Waals surface area (Å²) in [7, 11) is 0. The molecule has 268 valence electrons. The van der Waals surface area contributed by atoms with E-state index in [0.29, 0.717) is 31.5 Å². The average Bonchev–Trinajstić information content (AvgIpc) is 3.06. The van der Waals surface area contributed by atoms with E-state index in [2.05, 4.69) is 35.2 Å². The van der Waals surface area contributed by atoms with Crippen LogP contribution in [0.1, 0.15) is 139 Å². The van der Waals surface area contributed by atoms with Crippen LogP contribution in [0.3, 0.4) is 0 Å². The molecule has 0 bridgehead atoms. The number of aromatic nitrogens is 1. The summed E-state index contributed by atoms with van der Waals surface area (Å²) in [6.07, 6.45) is 14.1. The molecule has 6 rings (SSSR count). The van der Waals surface area contributed by atoms with Gasteiger partial charge in [-0.15, -0.1) is 0 Å². The second kappa shape index (κ2) is 15.0. The Morgan fingerprint density at radius 3 is 2.22 bits per heavy atom. The fourth-order valence-electron chi connectivity index (χ4n) is 8.73. The molecule has 3 heterocycles. The Morgan fingerprint density at radius 2 is 1.51 bits per heavy atom. The summed E-state index contributed by atoms with van der Waals surface area (Å²) < 4.78 is 11.8. The molecule has 1 aromatic heterocycles. The molecule has 0 radical (unpaired) electrons. The lowest BCUT2D eigenvalue weighted by Gasteiger charge is -2.44. The molecule has 49 heavy (non-hydrogen) atoms. The number of piperidine rings is 1. The summed E-state index contributed by atoms with van der Waals surface area (Å²) in [5, 5.41) is 0. The van der Waals surface area contributed by atoms with E-state index in [1.807, 2.05) is 57.5 Å². The van der Waals surface area contributed by atoms with E-state index in [4.69, 9.17) is 14.5 Å². The third-order valence-corrected chi connectivity index (χ3v) is 11.0. The van der Waals surface area contributed by atoms with Gasteiger partial charge in [-0.2, -0.15) is 0 Å². The van der Waals surface area contributed by atoms with Gasteiger partial charge in [0.05, 0.1) is 17.8 Å². The van der Waals surface area contributed by atoms with Gasteiger partial charge in [-0.1, -0.05) is 43.5 Å². The summed E-state index contributed by atoms with van der Waals surface area (Å²) in [4.78, 5) is 38.4. The molecule has 1 saturated carbocycles. The number of aryl methyl sites for hydroxylation is 1. The molecule has 2 aliphatic heterocycles. The maximum absolute atomic E-state index is 14.0. The highest BCUT2D eigenvalue weighted by Gasteiger charge is 2.39. The van der Waals surface area contributed by atoms with E-state index >= 15 is 0 Å². The Balaban J connectivity index is 1.28. The molecule has 0 spiro atoms. The molecule has 1 saturated heterocycles. The van der Waals surface area contributed by atoms with E-state index in [-0.39, 0.29) is 24.3 Å². The second-order valence-electron chi connectivity index (χ2n) is 17.1. The number of fused-ring (bicyclic) bond motifs is 2. The smallest absolute Gasteiger partial charge is 0.410 e. The summed E-state index contributed by atoms with van der Waals surface area (Å²) in [6.45, 7) is 15.4. The molecule has 1 unspecified atom stereocenters. The number of carbonyl (C=O) groups is 2. The lowest BCUT2D eigenvalue weighted by molar-refractivity contribution is 0.00290. The lowest BCUT2D eigenvalue weighted by Crippen LogP contribution is -2.53. The number of rotatable bonds is 6. The zero-order valence-electron chi connectivity index (χ0n) is 31.0. The Bertz CT molecular complexity index is 1450. The molecule has 2 aliphatic carbocycles. The van der Waals surface area contributed by atoms with Crippen molar-refractivity contribution in [2.24, 2.45) is 5.92 Å². The van der Waals surface area contributed by atoms with Crippen LogP contribution in [0.4, 0.5) is 9.59 Å². The molecule has 2 atom stereocenters. The predicted molar refractivity (Wildman–Crippen MR) is 194 cm³/mol. The van der Waals surface area contributed by atoms with E-state index < -0.39 is 11.2 Å². The number of ether oxygens (including phenoxy) is 2. The number of benzene rings is 1. The number of hydrogen-bond acceptors (Lipinski definition) is 6. The summed E-state index contributed by atoms with van der Waals surface area (Å²) in [5.74, 6) is 1.05. The Labute approximate surface area is 294 Å². The molecular weight excluding hydrogens is 612 g/mol. The first-order chi connectivity index (χ1) is 23.3. The van der Waals surface area contributed by atoms with Crippen molar-refractivity contribution in [3.63, 3.8) is 0 Å². The first-order valence-electron chi connectivity index (χ1n) is 19.1. The number of carbonyl (C=O) groups excluding carboxylic acids is 2. The van der Waals surface area contributed by atoms with E-state index in [0.717, 1.165) is 45.2 Å². The fourth-order valence-corrected chi connectivity index (χ4v) is 8.73. The number of hydrogen-bond donors (Lipinski definition) is 0. The van der Waals surface area contributed by atoms with Gasteiger partial charge >= 0.3 is 12.2 Å². The third kappa shape index (κ3) is 8.97. The van der Waals surface area contributed by atoms with Crippen molar-refractivity contribution in [1.29, 1.82) is 0 Å². The van der Waals surface area contributed by atoms with Crippen LogP contribution in [-0.4, -0.2) is 75.3 Å². The van der Waals surface area contributed by atoms with E-state index in [1.54, 1.807) is 0 Å². The van der Waals surface area contributed by atoms with Crippen LogP contribution in [0, 0.1) is 5.92 Å². The molecule has 2 amide bonds. The minimum absolute atomic E-state index is 0.0111. The van der Waals surface area contributed by atoms with Crippen molar-refractivity contribution in [2.45, 2.75) is 148 Å². The third-order valence-electron chi connectivity index (χ3n) is 11.0. The monoisotopic (exact) mass is 672 g/mol. The maximum Gasteiger partial charge on any atom is 0.410 e. The minimum Gasteiger partial charge on any atom is -0.444 e. The van der Waals surface area contributed by atoms with Gasteiger partial charge < -0.3 is 14.4 Å². The predicted octanol–water partition coefficient (Wildman–Crippen LogP) is 8.82. The zero-order valence-corrected chi connectivity index (χ0v) is 31.0. The van der Waals surface area contributed by atoms with Crippen LogP contribution < -0.4 is 0 Å². The summed E-state index contributed by atoms with van der Waals surface area (Å²) in [5.41, 5.74) is 5.55. The van der Waals surface area contributed by atoms with Gasteiger partial charge in [0, 0.05) is 38.9 Å². The molecular formula is C41H60N4O4. The fraction of sp³-hybridized carbons (Fsp3) is 0.683. The van der Waals surface area contributed by atoms with E-state index in [9.17, 15) is 9.59 Å². The highest BCUT2D eigenvalue weighted by Crippen LogP contribution is 2.39. The van der Waals surface area contributed by atoms with Crippen LogP contribution in [0.5, 0.6) is 0 Å². The molecule has 1 aromatic carbocycles. The Kier molecular flexibility index (Phi) is 10.9. The minimum atomic E-state index is -0.570. The summed E-state index contributed by atoms with van der Waals surface area (Å²) in [6, 6.07) is 11.2. The molecule has 8 heteroatoms. The molecule has 4 aliphatic rings. The first-order valence-corrected chi connectivity index (χ1v) is 19.1. The van der Waals surface area contributed by atoms with Gasteiger partial charge in [-0.3, -0.25) is 14.8 Å². The first kappa shape index (κ1) is 35.7. The van der Waals surface area contributed by atoms with Crippen molar-refractivity contribution < 1.29 is 19.1 Å². The summed E-state index contributed by atoms with van der Waals surface area (Å²) >= 11 is 0. The van der Waals surface area contributed by atoms with Crippen molar-refractivity contribution in [2.75, 3.05) is 26.2 Å². The molecule has 8 nitrogen and oxygen atoms in total. The van der Waals surface area contributed by atoms with Gasteiger partial charge in [-0.05, 0) is 133 Å². The van der Waals surface area contributed by atoms with Crippen molar-refractivity contribution in [3.8, 4) is 0 Å². The average molecular weight is 673 g/mol. The Hall–Kier alpha value is -3.13.